The van der Waals surface area contributed by atoms with Gasteiger partial charge in [-0.3, -0.25) is 4.98 Å². The summed E-state index contributed by atoms with van der Waals surface area (Å²) in [4.78, 5) is 4.20. The zero-order valence-electron chi connectivity index (χ0n) is 13.4. The monoisotopic (exact) mass is 268 g/mol. The molecule has 0 radical (unpaired) electrons. The van der Waals surface area contributed by atoms with Crippen molar-refractivity contribution in [3.05, 3.63) is 47.9 Å². The molecule has 0 atom stereocenters. The summed E-state index contributed by atoms with van der Waals surface area (Å²) in [6, 6.07) is 6.29. The smallest absolute Gasteiger partial charge is 0.216 e. The molecular weight excluding hydrogens is 244 g/mol. The standard InChI is InChI=1S/C18H23N2/c1-14-13-19-11-10-16(14)18-17(9-6-12-20(18)2)15-7-4-3-5-8-15/h6,9-13,15H,3-5,7-8H2,1-2H3/q+1/i15D. The summed E-state index contributed by atoms with van der Waals surface area (Å²) in [6.45, 7) is 2.09. The third-order valence-electron chi connectivity index (χ3n) is 4.29. The van der Waals surface area contributed by atoms with E-state index in [1.165, 1.54) is 28.8 Å². The maximum absolute atomic E-state index is 8.99. The largest absolute Gasteiger partial charge is 0.264 e. The Morgan fingerprint density at radius 3 is 2.80 bits per heavy atom. The van der Waals surface area contributed by atoms with Crippen molar-refractivity contribution in [1.29, 1.82) is 0 Å². The molecule has 2 heteroatoms. The van der Waals surface area contributed by atoms with Crippen molar-refractivity contribution in [2.45, 2.75) is 44.9 Å². The van der Waals surface area contributed by atoms with Crippen LogP contribution < -0.4 is 4.57 Å². The SMILES string of the molecule is [2H]C1(c2ccc[n+](C)c2-c2ccncc2C)CCCCC1. The van der Waals surface area contributed by atoms with Crippen molar-refractivity contribution in [3.63, 3.8) is 0 Å². The molecule has 1 aliphatic carbocycles. The molecule has 1 saturated carbocycles. The molecular formula is C18H23N2+. The highest BCUT2D eigenvalue weighted by atomic mass is 14.9. The summed E-state index contributed by atoms with van der Waals surface area (Å²) < 4.78 is 11.1. The van der Waals surface area contributed by atoms with Crippen molar-refractivity contribution < 1.29 is 5.94 Å². The quantitative estimate of drug-likeness (QED) is 0.754. The molecule has 2 heterocycles. The lowest BCUT2D eigenvalue weighted by Gasteiger charge is -2.23. The van der Waals surface area contributed by atoms with E-state index in [-0.39, 0.29) is 0 Å². The Labute approximate surface area is 122 Å². The minimum Gasteiger partial charge on any atom is -0.264 e. The Morgan fingerprint density at radius 2 is 2.05 bits per heavy atom. The number of aryl methyl sites for hydroxylation is 2. The predicted octanol–water partition coefficient (Wildman–Crippen LogP) is 3.93. The van der Waals surface area contributed by atoms with Crippen molar-refractivity contribution in [2.75, 3.05) is 0 Å². The van der Waals surface area contributed by atoms with E-state index in [1.54, 1.807) is 0 Å². The van der Waals surface area contributed by atoms with Crippen LogP contribution in [0.3, 0.4) is 0 Å². The first-order valence-electron chi connectivity index (χ1n) is 8.02. The highest BCUT2D eigenvalue weighted by Crippen LogP contribution is 2.36. The van der Waals surface area contributed by atoms with Gasteiger partial charge in [0.05, 0.1) is 5.56 Å². The van der Waals surface area contributed by atoms with Gasteiger partial charge in [0.1, 0.15) is 7.05 Å². The van der Waals surface area contributed by atoms with Gasteiger partial charge in [0.25, 0.3) is 0 Å². The Hall–Kier alpha value is -1.70. The van der Waals surface area contributed by atoms with Gasteiger partial charge in [-0.1, -0.05) is 19.3 Å². The van der Waals surface area contributed by atoms with Crippen LogP contribution in [0.1, 0.15) is 50.5 Å². The normalized spacial score (nSPS) is 18.6. The van der Waals surface area contributed by atoms with Crippen molar-refractivity contribution in [3.8, 4) is 11.3 Å². The first-order valence-corrected chi connectivity index (χ1v) is 7.52. The highest BCUT2D eigenvalue weighted by Gasteiger charge is 2.25. The Balaban J connectivity index is 2.19. The van der Waals surface area contributed by atoms with Crippen molar-refractivity contribution >= 4 is 0 Å². The second-order valence-electron chi connectivity index (χ2n) is 5.74. The molecule has 0 spiro atoms. The maximum atomic E-state index is 8.99. The van der Waals surface area contributed by atoms with Crippen LogP contribution in [0.25, 0.3) is 11.3 Å². The molecule has 0 unspecified atom stereocenters. The van der Waals surface area contributed by atoms with Crippen LogP contribution in [-0.2, 0) is 7.05 Å². The average Bonchev–Trinajstić information content (AvgIpc) is 2.49. The Morgan fingerprint density at radius 1 is 1.25 bits per heavy atom. The molecule has 2 aromatic heterocycles. The molecule has 1 fully saturated rings. The topological polar surface area (TPSA) is 16.8 Å². The van der Waals surface area contributed by atoms with Crippen LogP contribution in [0.5, 0.6) is 0 Å². The van der Waals surface area contributed by atoms with E-state index in [0.29, 0.717) is 0 Å². The summed E-state index contributed by atoms with van der Waals surface area (Å²) in [6.07, 6.45) is 11.4. The molecule has 0 bridgehead atoms. The van der Waals surface area contributed by atoms with Crippen LogP contribution in [0.4, 0.5) is 0 Å². The van der Waals surface area contributed by atoms with Gasteiger partial charge < -0.3 is 0 Å². The van der Waals surface area contributed by atoms with Crippen LogP contribution in [0, 0.1) is 6.92 Å². The highest BCUT2D eigenvalue weighted by molar-refractivity contribution is 5.64. The van der Waals surface area contributed by atoms with Gasteiger partial charge in [-0.05, 0) is 43.4 Å². The molecule has 2 nitrogen and oxygen atoms in total. The molecule has 0 aromatic carbocycles. The number of hydrogen-bond donors (Lipinski definition) is 0. The summed E-state index contributed by atoms with van der Waals surface area (Å²) >= 11 is 0. The zero-order chi connectivity index (χ0) is 14.9. The number of pyridine rings is 2. The fourth-order valence-corrected chi connectivity index (χ4v) is 3.22. The van der Waals surface area contributed by atoms with E-state index in [4.69, 9.17) is 1.37 Å². The van der Waals surface area contributed by atoms with E-state index < -0.39 is 5.89 Å². The van der Waals surface area contributed by atoms with Crippen LogP contribution in [-0.4, -0.2) is 4.98 Å². The van der Waals surface area contributed by atoms with Crippen molar-refractivity contribution in [2.24, 2.45) is 7.05 Å². The third-order valence-corrected chi connectivity index (χ3v) is 4.29. The minimum atomic E-state index is -0.442. The molecule has 0 amide bonds. The average molecular weight is 268 g/mol. The molecule has 104 valence electrons. The molecule has 0 saturated heterocycles. The fourth-order valence-electron chi connectivity index (χ4n) is 3.22. The second kappa shape index (κ2) is 5.74. The zero-order valence-corrected chi connectivity index (χ0v) is 12.4. The first kappa shape index (κ1) is 12.1. The van der Waals surface area contributed by atoms with Gasteiger partial charge in [0.15, 0.2) is 6.20 Å². The Kier molecular flexibility index (Phi) is 3.46. The molecule has 3 rings (SSSR count). The first-order chi connectivity index (χ1) is 10.1. The summed E-state index contributed by atoms with van der Waals surface area (Å²) in [5.41, 5.74) is 4.70. The van der Waals surface area contributed by atoms with E-state index in [1.807, 2.05) is 12.4 Å². The van der Waals surface area contributed by atoms with Crippen LogP contribution >= 0.6 is 0 Å². The maximum Gasteiger partial charge on any atom is 0.216 e. The number of nitrogens with zero attached hydrogens (tertiary/aromatic N) is 2. The van der Waals surface area contributed by atoms with Crippen LogP contribution in [0.15, 0.2) is 36.8 Å². The van der Waals surface area contributed by atoms with Gasteiger partial charge in [-0.2, -0.15) is 0 Å². The second-order valence-corrected chi connectivity index (χ2v) is 5.74. The van der Waals surface area contributed by atoms with E-state index in [2.05, 4.69) is 47.9 Å². The van der Waals surface area contributed by atoms with Gasteiger partial charge in [-0.15, -0.1) is 0 Å². The molecule has 20 heavy (non-hydrogen) atoms. The third kappa shape index (κ3) is 2.47. The predicted molar refractivity (Wildman–Crippen MR) is 81.4 cm³/mol. The number of aromatic nitrogens is 2. The molecule has 0 N–H and O–H groups in total. The lowest BCUT2D eigenvalue weighted by molar-refractivity contribution is -0.660. The summed E-state index contributed by atoms with van der Waals surface area (Å²) in [5.74, 6) is -0.442. The minimum absolute atomic E-state index is 0.442. The lowest BCUT2D eigenvalue weighted by atomic mass is 9.82. The molecule has 0 aliphatic heterocycles. The van der Waals surface area contributed by atoms with Gasteiger partial charge in [-0.25, -0.2) is 4.57 Å². The van der Waals surface area contributed by atoms with Crippen LogP contribution in [0.2, 0.25) is 0 Å². The fraction of sp³-hybridized carbons (Fsp3) is 0.444. The van der Waals surface area contributed by atoms with Gasteiger partial charge in [0, 0.05) is 25.4 Å². The van der Waals surface area contributed by atoms with Gasteiger partial charge >= 0.3 is 0 Å². The molecule has 2 aromatic rings. The summed E-state index contributed by atoms with van der Waals surface area (Å²) in [5, 5.41) is 0. The van der Waals surface area contributed by atoms with Gasteiger partial charge in [0.2, 0.25) is 5.69 Å². The summed E-state index contributed by atoms with van der Waals surface area (Å²) in [7, 11) is 2.07. The Bertz CT molecular complexity index is 645. The number of rotatable bonds is 2. The lowest BCUT2D eigenvalue weighted by Crippen LogP contribution is -2.32. The number of hydrogen-bond acceptors (Lipinski definition) is 1. The van der Waals surface area contributed by atoms with Crippen molar-refractivity contribution in [1.82, 2.24) is 4.98 Å². The van der Waals surface area contributed by atoms with E-state index in [0.717, 1.165) is 25.7 Å². The molecule has 1 aliphatic rings. The van der Waals surface area contributed by atoms with E-state index in [9.17, 15) is 0 Å². The van der Waals surface area contributed by atoms with E-state index >= 15 is 0 Å².